The van der Waals surface area contributed by atoms with Crippen molar-refractivity contribution in [1.29, 1.82) is 0 Å². The molecule has 0 fully saturated rings. The summed E-state index contributed by atoms with van der Waals surface area (Å²) >= 11 is 1.61. The first-order valence-electron chi connectivity index (χ1n) is 9.90. The highest BCUT2D eigenvalue weighted by molar-refractivity contribution is 7.99. The van der Waals surface area contributed by atoms with Gasteiger partial charge in [0, 0.05) is 43.8 Å². The zero-order valence-corrected chi connectivity index (χ0v) is 18.2. The van der Waals surface area contributed by atoms with Crippen molar-refractivity contribution in [2.24, 2.45) is 11.8 Å². The number of nitrogens with one attached hydrogen (secondary N) is 2. The molecular formula is C18H39N3O6S. The summed E-state index contributed by atoms with van der Waals surface area (Å²) in [6, 6.07) is -0.285. The highest BCUT2D eigenvalue weighted by Gasteiger charge is 2.21. The number of urea groups is 1. The number of hydrogen-bond acceptors (Lipinski definition) is 8. The van der Waals surface area contributed by atoms with Crippen molar-refractivity contribution >= 4 is 17.8 Å². The minimum absolute atomic E-state index is 0.0361. The van der Waals surface area contributed by atoms with Crippen LogP contribution in [0.3, 0.4) is 0 Å². The van der Waals surface area contributed by atoms with Crippen molar-refractivity contribution in [2.75, 3.05) is 57.5 Å². The molecule has 10 heteroatoms. The normalized spacial score (nSPS) is 15.9. The number of amides is 2. The van der Waals surface area contributed by atoms with Gasteiger partial charge < -0.3 is 35.8 Å². The molecule has 0 aliphatic rings. The molecule has 0 aromatic rings. The summed E-state index contributed by atoms with van der Waals surface area (Å²) in [5, 5.41) is 43.4. The van der Waals surface area contributed by atoms with E-state index < -0.39 is 12.5 Å². The van der Waals surface area contributed by atoms with Gasteiger partial charge in [-0.1, -0.05) is 20.8 Å². The maximum Gasteiger partial charge on any atom is 0.314 e. The average Bonchev–Trinajstić information content (AvgIpc) is 2.69. The van der Waals surface area contributed by atoms with E-state index in [-0.39, 0.29) is 37.7 Å². The van der Waals surface area contributed by atoms with E-state index in [1.54, 1.807) is 16.7 Å². The van der Waals surface area contributed by atoms with Crippen LogP contribution in [-0.4, -0.2) is 101 Å². The van der Waals surface area contributed by atoms with Gasteiger partial charge in [-0.15, -0.1) is 0 Å². The number of aliphatic hydroxyl groups excluding tert-OH is 4. The molecule has 6 N–H and O–H groups in total. The monoisotopic (exact) mass is 425 g/mol. The molecule has 0 bridgehead atoms. The first-order chi connectivity index (χ1) is 13.4. The maximum absolute atomic E-state index is 11.7. The summed E-state index contributed by atoms with van der Waals surface area (Å²) in [4.78, 5) is 13.3. The van der Waals surface area contributed by atoms with Gasteiger partial charge in [-0.2, -0.15) is 11.8 Å². The van der Waals surface area contributed by atoms with Crippen LogP contribution in [0.15, 0.2) is 0 Å². The summed E-state index contributed by atoms with van der Waals surface area (Å²) in [5.41, 5.74) is 0. The standard InChI is InChI=1S/C18H39N3O6S/c1-4-14(2)17(25)27-11-5-19-18(26)20-6-12-28-13-15(3)16(24)21(7-9-22)8-10-23/h14-17,22-25H,4-13H2,1-3H3,(H2,19,20,26). The van der Waals surface area contributed by atoms with Crippen molar-refractivity contribution in [3.8, 4) is 0 Å². The van der Waals surface area contributed by atoms with E-state index in [9.17, 15) is 15.0 Å². The Balaban J connectivity index is 3.79. The summed E-state index contributed by atoms with van der Waals surface area (Å²) < 4.78 is 5.24. The summed E-state index contributed by atoms with van der Waals surface area (Å²) in [6.45, 7) is 7.34. The van der Waals surface area contributed by atoms with Gasteiger partial charge in [0.1, 0.15) is 6.23 Å². The Morgan fingerprint density at radius 1 is 1.07 bits per heavy atom. The van der Waals surface area contributed by atoms with Crippen LogP contribution < -0.4 is 10.6 Å². The van der Waals surface area contributed by atoms with Crippen LogP contribution in [0.1, 0.15) is 27.2 Å². The SMILES string of the molecule is CCC(C)C(O)OCCNC(=O)NCCSCC(C)C(O)N(CCO)CCO. The summed E-state index contributed by atoms with van der Waals surface area (Å²) in [6.07, 6.45) is -0.716. The van der Waals surface area contributed by atoms with E-state index in [1.807, 2.05) is 20.8 Å². The molecule has 4 unspecified atom stereocenters. The quantitative estimate of drug-likeness (QED) is 0.137. The van der Waals surface area contributed by atoms with E-state index in [0.29, 0.717) is 37.7 Å². The Hall–Kier alpha value is -0.620. The van der Waals surface area contributed by atoms with Gasteiger partial charge in [0.05, 0.1) is 19.8 Å². The second kappa shape index (κ2) is 17.3. The molecule has 0 heterocycles. The fraction of sp³-hybridized carbons (Fsp3) is 0.944. The van der Waals surface area contributed by atoms with E-state index in [1.165, 1.54) is 0 Å². The van der Waals surface area contributed by atoms with Gasteiger partial charge in [0.25, 0.3) is 0 Å². The van der Waals surface area contributed by atoms with Gasteiger partial charge in [0.2, 0.25) is 0 Å². The molecule has 0 saturated carbocycles. The Bertz CT molecular complexity index is 388. The second-order valence-electron chi connectivity index (χ2n) is 6.78. The van der Waals surface area contributed by atoms with Gasteiger partial charge in [-0.25, -0.2) is 4.79 Å². The number of nitrogens with zero attached hydrogens (tertiary/aromatic N) is 1. The first-order valence-corrected chi connectivity index (χ1v) is 11.1. The van der Waals surface area contributed by atoms with Crippen molar-refractivity contribution in [3.05, 3.63) is 0 Å². The Morgan fingerprint density at radius 2 is 1.68 bits per heavy atom. The molecule has 9 nitrogen and oxygen atoms in total. The molecule has 0 radical (unpaired) electrons. The average molecular weight is 426 g/mol. The third-order valence-electron chi connectivity index (χ3n) is 4.38. The molecule has 0 saturated heterocycles. The molecule has 2 amide bonds. The Morgan fingerprint density at radius 3 is 2.25 bits per heavy atom. The molecule has 4 atom stereocenters. The van der Waals surface area contributed by atoms with Crippen molar-refractivity contribution < 1.29 is 30.0 Å². The van der Waals surface area contributed by atoms with E-state index in [2.05, 4.69) is 10.6 Å². The van der Waals surface area contributed by atoms with Gasteiger partial charge >= 0.3 is 6.03 Å². The van der Waals surface area contributed by atoms with Crippen LogP contribution in [0, 0.1) is 11.8 Å². The highest BCUT2D eigenvalue weighted by atomic mass is 32.2. The van der Waals surface area contributed by atoms with Crippen molar-refractivity contribution in [3.63, 3.8) is 0 Å². The molecule has 0 aliphatic carbocycles. The highest BCUT2D eigenvalue weighted by Crippen LogP contribution is 2.14. The summed E-state index contributed by atoms with van der Waals surface area (Å²) in [5.74, 6) is 1.42. The third kappa shape index (κ3) is 12.8. The van der Waals surface area contributed by atoms with Gasteiger partial charge in [-0.05, 0) is 12.2 Å². The van der Waals surface area contributed by atoms with Crippen LogP contribution in [0.4, 0.5) is 4.79 Å². The zero-order chi connectivity index (χ0) is 21.4. The van der Waals surface area contributed by atoms with Crippen LogP contribution in [0.25, 0.3) is 0 Å². The van der Waals surface area contributed by atoms with E-state index >= 15 is 0 Å². The fourth-order valence-corrected chi connectivity index (χ4v) is 3.31. The van der Waals surface area contributed by atoms with Crippen LogP contribution in [0.2, 0.25) is 0 Å². The smallest absolute Gasteiger partial charge is 0.314 e. The van der Waals surface area contributed by atoms with Crippen molar-refractivity contribution in [2.45, 2.75) is 39.7 Å². The maximum atomic E-state index is 11.7. The predicted molar refractivity (Wildman–Crippen MR) is 111 cm³/mol. The summed E-state index contributed by atoms with van der Waals surface area (Å²) in [7, 11) is 0. The lowest BCUT2D eigenvalue weighted by molar-refractivity contribution is -0.129. The topological polar surface area (TPSA) is 135 Å². The molecular weight excluding hydrogens is 386 g/mol. The minimum atomic E-state index is -0.811. The lowest BCUT2D eigenvalue weighted by Gasteiger charge is -2.30. The number of aliphatic hydroxyl groups is 4. The molecule has 0 spiro atoms. The fourth-order valence-electron chi connectivity index (χ4n) is 2.36. The lowest BCUT2D eigenvalue weighted by atomic mass is 10.1. The van der Waals surface area contributed by atoms with Crippen LogP contribution in [-0.2, 0) is 4.74 Å². The predicted octanol–water partition coefficient (Wildman–Crippen LogP) is -0.359. The Kier molecular flexibility index (Phi) is 16.9. The Labute approximate surface area is 172 Å². The van der Waals surface area contributed by atoms with E-state index in [4.69, 9.17) is 14.9 Å². The molecule has 0 aliphatic heterocycles. The number of carbonyl (C=O) groups is 1. The molecule has 0 aromatic heterocycles. The minimum Gasteiger partial charge on any atom is -0.395 e. The number of carbonyl (C=O) groups excluding carboxylic acids is 1. The van der Waals surface area contributed by atoms with E-state index in [0.717, 1.165) is 6.42 Å². The van der Waals surface area contributed by atoms with Gasteiger partial charge in [0.15, 0.2) is 6.29 Å². The zero-order valence-electron chi connectivity index (χ0n) is 17.3. The largest absolute Gasteiger partial charge is 0.395 e. The number of thioether (sulfide) groups is 1. The van der Waals surface area contributed by atoms with Crippen LogP contribution >= 0.6 is 11.8 Å². The molecule has 0 rings (SSSR count). The molecule has 0 aromatic carbocycles. The second-order valence-corrected chi connectivity index (χ2v) is 7.93. The van der Waals surface area contributed by atoms with Gasteiger partial charge in [-0.3, -0.25) is 4.90 Å². The first kappa shape index (κ1) is 27.4. The third-order valence-corrected chi connectivity index (χ3v) is 5.63. The number of hydrogen-bond donors (Lipinski definition) is 6. The number of rotatable bonds is 17. The number of ether oxygens (including phenoxy) is 1. The van der Waals surface area contributed by atoms with Crippen molar-refractivity contribution in [1.82, 2.24) is 15.5 Å². The van der Waals surface area contributed by atoms with Crippen LogP contribution in [0.5, 0.6) is 0 Å². The molecule has 28 heavy (non-hydrogen) atoms. The molecule has 168 valence electrons. The lowest BCUT2D eigenvalue weighted by Crippen LogP contribution is -2.43.